The number of rotatable bonds is 5. The van der Waals surface area contributed by atoms with Gasteiger partial charge in [-0.05, 0) is 97.1 Å². The molecule has 0 atom stereocenters. The zero-order valence-electron chi connectivity index (χ0n) is 32.9. The van der Waals surface area contributed by atoms with E-state index >= 15 is 0 Å². The van der Waals surface area contributed by atoms with E-state index in [4.69, 9.17) is 0 Å². The number of fused-ring (bicyclic) bond motifs is 9. The summed E-state index contributed by atoms with van der Waals surface area (Å²) in [6.45, 7) is 4.75. The minimum Gasteiger partial charge on any atom is -0.308 e. The number of thiophene rings is 1. The summed E-state index contributed by atoms with van der Waals surface area (Å²) in [5.74, 6) is 0. The molecule has 0 unspecified atom stereocenters. The predicted octanol–water partition coefficient (Wildman–Crippen LogP) is 16.1. The Labute approximate surface area is 348 Å². The molecule has 0 saturated heterocycles. The van der Waals surface area contributed by atoms with Crippen LogP contribution in [0.5, 0.6) is 0 Å². The summed E-state index contributed by atoms with van der Waals surface area (Å²) in [7, 11) is 0. The molecule has 2 heterocycles. The topological polar surface area (TPSA) is 4.93 Å². The van der Waals surface area contributed by atoms with Crippen LogP contribution >= 0.6 is 11.3 Å². The van der Waals surface area contributed by atoms with Crippen LogP contribution in [0.1, 0.15) is 25.0 Å². The van der Waals surface area contributed by atoms with Crippen molar-refractivity contribution in [2.24, 2.45) is 0 Å². The highest BCUT2D eigenvalue weighted by Gasteiger charge is 2.36. The minimum atomic E-state index is -0.0686. The number of hydrogen-bond acceptors (Lipinski definition) is 1. The van der Waals surface area contributed by atoms with E-state index in [1.54, 1.807) is 0 Å². The van der Waals surface area contributed by atoms with Gasteiger partial charge in [0, 0.05) is 31.7 Å². The number of hydrogen-bond donors (Lipinski definition) is 0. The first-order chi connectivity index (χ1) is 29.0. The molecule has 1 nitrogen and oxygen atoms in total. The number of para-hydroxylation sites is 1. The second-order valence-corrected chi connectivity index (χ2v) is 17.6. The molecule has 0 N–H and O–H groups in total. The van der Waals surface area contributed by atoms with Crippen LogP contribution < -0.4 is 0 Å². The third kappa shape index (κ3) is 5.30. The lowest BCUT2D eigenvalue weighted by Gasteiger charge is -2.21. The first-order valence-electron chi connectivity index (χ1n) is 20.5. The molecule has 1 aliphatic rings. The summed E-state index contributed by atoms with van der Waals surface area (Å²) in [6.07, 6.45) is 0. The van der Waals surface area contributed by atoms with Gasteiger partial charge in [-0.15, -0.1) is 11.3 Å². The van der Waals surface area contributed by atoms with Crippen LogP contribution in [0.3, 0.4) is 0 Å². The largest absolute Gasteiger partial charge is 0.308 e. The maximum absolute atomic E-state index is 2.52. The van der Waals surface area contributed by atoms with Crippen molar-refractivity contribution in [1.29, 1.82) is 0 Å². The first-order valence-corrected chi connectivity index (χ1v) is 21.3. The lowest BCUT2D eigenvalue weighted by atomic mass is 9.82. The Hall–Kier alpha value is -7.00. The van der Waals surface area contributed by atoms with Crippen molar-refractivity contribution in [1.82, 2.24) is 4.57 Å². The summed E-state index contributed by atoms with van der Waals surface area (Å²) in [5.41, 5.74) is 19.0. The van der Waals surface area contributed by atoms with E-state index in [0.717, 1.165) is 0 Å². The molecule has 2 aromatic heterocycles. The SMILES string of the molecule is CC1(C)c2ccccc2-c2cc3c4ccccc4n(-c4cccc5c4sc4cc(-c6ccc(-c7ccc(-c8ccc(-c9ccccc9)cc8)cc7)cc6)ccc45)c3cc21. The van der Waals surface area contributed by atoms with Gasteiger partial charge in [-0.3, -0.25) is 0 Å². The lowest BCUT2D eigenvalue weighted by Crippen LogP contribution is -2.14. The fraction of sp³-hybridized carbons (Fsp3) is 0.0526. The van der Waals surface area contributed by atoms with Gasteiger partial charge in [0.2, 0.25) is 0 Å². The molecule has 2 heteroatoms. The molecule has 0 bridgehead atoms. The Bertz CT molecular complexity index is 3420. The van der Waals surface area contributed by atoms with E-state index in [2.05, 4.69) is 219 Å². The van der Waals surface area contributed by atoms with Crippen molar-refractivity contribution in [3.8, 4) is 61.3 Å². The van der Waals surface area contributed by atoms with Crippen LogP contribution in [0.15, 0.2) is 200 Å². The van der Waals surface area contributed by atoms with E-state index in [0.29, 0.717) is 0 Å². The van der Waals surface area contributed by atoms with Gasteiger partial charge in [-0.25, -0.2) is 0 Å². The van der Waals surface area contributed by atoms with Crippen molar-refractivity contribution < 1.29 is 0 Å². The van der Waals surface area contributed by atoms with Crippen LogP contribution in [0.25, 0.3) is 103 Å². The van der Waals surface area contributed by atoms with Gasteiger partial charge in [0.25, 0.3) is 0 Å². The number of benzene rings is 9. The summed E-state index contributed by atoms with van der Waals surface area (Å²) in [4.78, 5) is 0. The normalized spacial score (nSPS) is 13.1. The zero-order valence-corrected chi connectivity index (χ0v) is 33.7. The predicted molar refractivity (Wildman–Crippen MR) is 253 cm³/mol. The summed E-state index contributed by atoms with van der Waals surface area (Å²) < 4.78 is 5.14. The van der Waals surface area contributed by atoms with Gasteiger partial charge in [-0.1, -0.05) is 184 Å². The molecular weight excluding hydrogens is 731 g/mol. The third-order valence-corrected chi connectivity index (χ3v) is 14.0. The average molecular weight is 770 g/mol. The Morgan fingerprint density at radius 3 is 1.58 bits per heavy atom. The molecule has 9 aromatic carbocycles. The first kappa shape index (κ1) is 34.1. The molecule has 0 saturated carbocycles. The number of aromatic nitrogens is 1. The maximum atomic E-state index is 2.52. The Morgan fingerprint density at radius 1 is 0.356 bits per heavy atom. The maximum Gasteiger partial charge on any atom is 0.0640 e. The summed E-state index contributed by atoms with van der Waals surface area (Å²) >= 11 is 1.91. The molecule has 0 fully saturated rings. The van der Waals surface area contributed by atoms with Gasteiger partial charge >= 0.3 is 0 Å². The van der Waals surface area contributed by atoms with Gasteiger partial charge < -0.3 is 4.57 Å². The smallest absolute Gasteiger partial charge is 0.0640 e. The average Bonchev–Trinajstić information content (AvgIpc) is 3.91. The van der Waals surface area contributed by atoms with E-state index < -0.39 is 0 Å². The molecule has 1 aliphatic carbocycles. The molecule has 59 heavy (non-hydrogen) atoms. The molecule has 278 valence electrons. The second kappa shape index (κ2) is 13.0. The molecule has 0 spiro atoms. The van der Waals surface area contributed by atoms with E-state index in [-0.39, 0.29) is 5.41 Å². The van der Waals surface area contributed by atoms with Crippen molar-refractivity contribution >= 4 is 53.3 Å². The van der Waals surface area contributed by atoms with Gasteiger partial charge in [0.1, 0.15) is 0 Å². The van der Waals surface area contributed by atoms with Crippen LogP contribution in [0.4, 0.5) is 0 Å². The molecular formula is C57H39NS. The van der Waals surface area contributed by atoms with Gasteiger partial charge in [0.15, 0.2) is 0 Å². The number of nitrogens with zero attached hydrogens (tertiary/aromatic N) is 1. The van der Waals surface area contributed by atoms with Crippen LogP contribution in [0.2, 0.25) is 0 Å². The highest BCUT2D eigenvalue weighted by Crippen LogP contribution is 2.51. The fourth-order valence-electron chi connectivity index (χ4n) is 9.76. The fourth-order valence-corrected chi connectivity index (χ4v) is 11.0. The van der Waals surface area contributed by atoms with Crippen molar-refractivity contribution in [3.05, 3.63) is 211 Å². The lowest BCUT2D eigenvalue weighted by molar-refractivity contribution is 0.661. The Morgan fingerprint density at radius 2 is 0.898 bits per heavy atom. The Balaban J connectivity index is 0.886. The summed E-state index contributed by atoms with van der Waals surface area (Å²) in [6, 6.07) is 74.0. The Kier molecular flexibility index (Phi) is 7.51. The monoisotopic (exact) mass is 769 g/mol. The van der Waals surface area contributed by atoms with Gasteiger partial charge in [-0.2, -0.15) is 0 Å². The quantitative estimate of drug-likeness (QED) is 0.164. The van der Waals surface area contributed by atoms with Crippen LogP contribution in [-0.2, 0) is 5.41 Å². The van der Waals surface area contributed by atoms with Crippen molar-refractivity contribution in [3.63, 3.8) is 0 Å². The summed E-state index contributed by atoms with van der Waals surface area (Å²) in [5, 5.41) is 5.21. The second-order valence-electron chi connectivity index (χ2n) is 16.5. The third-order valence-electron chi connectivity index (χ3n) is 12.9. The zero-order chi connectivity index (χ0) is 39.2. The van der Waals surface area contributed by atoms with Crippen molar-refractivity contribution in [2.45, 2.75) is 19.3 Å². The molecule has 0 aliphatic heterocycles. The van der Waals surface area contributed by atoms with Crippen LogP contribution in [0, 0.1) is 0 Å². The highest BCUT2D eigenvalue weighted by atomic mass is 32.1. The molecule has 12 rings (SSSR count). The van der Waals surface area contributed by atoms with E-state index in [1.165, 1.54) is 114 Å². The van der Waals surface area contributed by atoms with Crippen molar-refractivity contribution in [2.75, 3.05) is 0 Å². The van der Waals surface area contributed by atoms with Gasteiger partial charge in [0.05, 0.1) is 21.4 Å². The van der Waals surface area contributed by atoms with E-state index in [9.17, 15) is 0 Å². The minimum absolute atomic E-state index is 0.0686. The standard InChI is InChI=1S/C57H39NS/c1-57(2)50-16-8-6-13-44(50)48-34-49-45-14-7-9-17-52(45)58(54(49)35-51(48)57)53-18-10-15-47-46-32-31-43(33-55(46)59-56(47)53)42-29-27-41(28-30-42)40-25-23-39(24-26-40)38-21-19-37(20-22-38)36-11-4-3-5-12-36/h3-35H,1-2H3. The molecule has 11 aromatic rings. The molecule has 0 radical (unpaired) electrons. The molecule has 0 amide bonds. The highest BCUT2D eigenvalue weighted by molar-refractivity contribution is 7.26. The van der Waals surface area contributed by atoms with E-state index in [1.807, 2.05) is 11.3 Å². The van der Waals surface area contributed by atoms with Crippen LogP contribution in [-0.4, -0.2) is 4.57 Å².